The van der Waals surface area contributed by atoms with Crippen LogP contribution in [-0.4, -0.2) is 49.9 Å². The largest absolute Gasteiger partial charge is 0.354 e. The summed E-state index contributed by atoms with van der Waals surface area (Å²) in [6, 6.07) is 4.61. The molecular formula is C15H15Cl3N3O2+. The number of carbonyl (C=O) groups is 2. The Labute approximate surface area is 149 Å². The Balaban J connectivity index is 1.91. The molecule has 1 fully saturated rings. The lowest BCUT2D eigenvalue weighted by molar-refractivity contribution is -0.883. The highest BCUT2D eigenvalue weighted by atomic mass is 35.5. The van der Waals surface area contributed by atoms with Crippen molar-refractivity contribution < 1.29 is 14.5 Å². The third-order valence-electron chi connectivity index (χ3n) is 4.10. The standard InChI is InChI=1S/C15H14Cl3N3O2/c1-19-4-6-20(7-5-19)13-12(18)14(22)21(15(13)23)9-2-3-10(16)11(17)8-9/h2-3,8H,4-7H2,1H3/p+1. The van der Waals surface area contributed by atoms with Crippen molar-refractivity contribution in [2.24, 2.45) is 0 Å². The first kappa shape index (κ1) is 16.6. The molecule has 0 radical (unpaired) electrons. The van der Waals surface area contributed by atoms with E-state index in [1.807, 2.05) is 4.90 Å². The van der Waals surface area contributed by atoms with E-state index in [0.717, 1.165) is 18.0 Å². The topological polar surface area (TPSA) is 45.1 Å². The third kappa shape index (κ3) is 2.94. The fourth-order valence-electron chi connectivity index (χ4n) is 2.74. The van der Waals surface area contributed by atoms with E-state index in [1.54, 1.807) is 12.1 Å². The van der Waals surface area contributed by atoms with E-state index in [-0.39, 0.29) is 15.8 Å². The van der Waals surface area contributed by atoms with Gasteiger partial charge in [0.15, 0.2) is 0 Å². The first-order valence-corrected chi connectivity index (χ1v) is 8.33. The minimum atomic E-state index is -0.531. The second-order valence-corrected chi connectivity index (χ2v) is 6.84. The van der Waals surface area contributed by atoms with E-state index in [4.69, 9.17) is 34.8 Å². The number of halogens is 3. The van der Waals surface area contributed by atoms with Gasteiger partial charge in [0, 0.05) is 0 Å². The predicted octanol–water partition coefficient (Wildman–Crippen LogP) is 1.15. The maximum Gasteiger partial charge on any atom is 0.283 e. The van der Waals surface area contributed by atoms with Gasteiger partial charge in [0.1, 0.15) is 10.7 Å². The molecule has 1 saturated heterocycles. The summed E-state index contributed by atoms with van der Waals surface area (Å²) in [5.74, 6) is -0.950. The van der Waals surface area contributed by atoms with E-state index in [0.29, 0.717) is 23.8 Å². The Morgan fingerprint density at radius 3 is 2.26 bits per heavy atom. The summed E-state index contributed by atoms with van der Waals surface area (Å²) in [5.41, 5.74) is 0.637. The Bertz CT molecular complexity index is 712. The highest BCUT2D eigenvalue weighted by Crippen LogP contribution is 2.34. The van der Waals surface area contributed by atoms with Gasteiger partial charge in [0.2, 0.25) is 0 Å². The quantitative estimate of drug-likeness (QED) is 0.789. The zero-order chi connectivity index (χ0) is 16.7. The van der Waals surface area contributed by atoms with Crippen LogP contribution in [0.3, 0.4) is 0 Å². The number of likely N-dealkylation sites (N-methyl/N-ethyl adjacent to an activating group) is 1. The second kappa shape index (κ2) is 6.32. The molecule has 23 heavy (non-hydrogen) atoms. The maximum atomic E-state index is 12.7. The second-order valence-electron chi connectivity index (χ2n) is 5.65. The molecule has 1 aromatic carbocycles. The van der Waals surface area contributed by atoms with Gasteiger partial charge >= 0.3 is 0 Å². The molecule has 2 aliphatic heterocycles. The Kier molecular flexibility index (Phi) is 4.56. The lowest BCUT2D eigenvalue weighted by atomic mass is 10.2. The van der Waals surface area contributed by atoms with Crippen molar-refractivity contribution >= 4 is 52.3 Å². The predicted molar refractivity (Wildman–Crippen MR) is 90.0 cm³/mol. The summed E-state index contributed by atoms with van der Waals surface area (Å²) in [6.07, 6.45) is 0. The monoisotopic (exact) mass is 374 g/mol. The van der Waals surface area contributed by atoms with Crippen LogP contribution in [-0.2, 0) is 9.59 Å². The fourth-order valence-corrected chi connectivity index (χ4v) is 3.31. The molecule has 2 aliphatic rings. The lowest BCUT2D eigenvalue weighted by Crippen LogP contribution is -3.11. The molecule has 2 amide bonds. The third-order valence-corrected chi connectivity index (χ3v) is 5.18. The van der Waals surface area contributed by atoms with E-state index >= 15 is 0 Å². The highest BCUT2D eigenvalue weighted by Gasteiger charge is 2.42. The van der Waals surface area contributed by atoms with Gasteiger partial charge < -0.3 is 9.80 Å². The van der Waals surface area contributed by atoms with Crippen LogP contribution in [0.25, 0.3) is 0 Å². The molecule has 0 saturated carbocycles. The van der Waals surface area contributed by atoms with E-state index in [2.05, 4.69) is 7.05 Å². The number of piperazine rings is 1. The Hall–Kier alpha value is -1.27. The first-order chi connectivity index (χ1) is 10.9. The van der Waals surface area contributed by atoms with E-state index in [1.165, 1.54) is 11.0 Å². The lowest BCUT2D eigenvalue weighted by Gasteiger charge is -2.31. The number of imide groups is 1. The molecule has 0 aromatic heterocycles. The van der Waals surface area contributed by atoms with Gasteiger partial charge in [-0.15, -0.1) is 0 Å². The summed E-state index contributed by atoms with van der Waals surface area (Å²) in [5, 5.41) is 0.592. The molecule has 122 valence electrons. The highest BCUT2D eigenvalue weighted by molar-refractivity contribution is 6.52. The van der Waals surface area contributed by atoms with Crippen LogP contribution in [0.1, 0.15) is 0 Å². The summed E-state index contributed by atoms with van der Waals surface area (Å²) in [6.45, 7) is 3.15. The van der Waals surface area contributed by atoms with E-state index < -0.39 is 11.8 Å². The van der Waals surface area contributed by atoms with Gasteiger partial charge in [-0.25, -0.2) is 4.90 Å². The van der Waals surface area contributed by atoms with Crippen molar-refractivity contribution in [2.75, 3.05) is 38.1 Å². The number of benzene rings is 1. The number of carbonyl (C=O) groups excluding carboxylic acids is 2. The Morgan fingerprint density at radius 2 is 1.65 bits per heavy atom. The summed E-state index contributed by atoms with van der Waals surface area (Å²) >= 11 is 18.0. The number of hydrogen-bond acceptors (Lipinski definition) is 3. The fraction of sp³-hybridized carbons (Fsp3) is 0.333. The van der Waals surface area contributed by atoms with Crippen LogP contribution in [0.15, 0.2) is 28.9 Å². The zero-order valence-electron chi connectivity index (χ0n) is 12.4. The number of anilines is 1. The van der Waals surface area contributed by atoms with Crippen LogP contribution in [0.2, 0.25) is 10.0 Å². The van der Waals surface area contributed by atoms with Gasteiger partial charge in [-0.2, -0.15) is 0 Å². The van der Waals surface area contributed by atoms with Gasteiger partial charge in [-0.1, -0.05) is 34.8 Å². The summed E-state index contributed by atoms with van der Waals surface area (Å²) < 4.78 is 0. The van der Waals surface area contributed by atoms with Crippen molar-refractivity contribution in [3.8, 4) is 0 Å². The van der Waals surface area contributed by atoms with Crippen molar-refractivity contribution in [3.05, 3.63) is 39.0 Å². The van der Waals surface area contributed by atoms with Gasteiger partial charge in [-0.05, 0) is 18.2 Å². The van der Waals surface area contributed by atoms with Crippen molar-refractivity contribution in [3.63, 3.8) is 0 Å². The van der Waals surface area contributed by atoms with Gasteiger partial charge in [-0.3, -0.25) is 9.59 Å². The van der Waals surface area contributed by atoms with Crippen LogP contribution in [0, 0.1) is 0 Å². The molecule has 0 bridgehead atoms. The van der Waals surface area contributed by atoms with Crippen molar-refractivity contribution in [1.82, 2.24) is 4.90 Å². The molecule has 0 aliphatic carbocycles. The molecule has 0 unspecified atom stereocenters. The van der Waals surface area contributed by atoms with Gasteiger partial charge in [0.05, 0.1) is 49.0 Å². The zero-order valence-corrected chi connectivity index (χ0v) is 14.7. The minimum absolute atomic E-state index is 0.0411. The Morgan fingerprint density at radius 1 is 1.00 bits per heavy atom. The smallest absolute Gasteiger partial charge is 0.283 e. The van der Waals surface area contributed by atoms with Crippen LogP contribution >= 0.6 is 34.8 Å². The average Bonchev–Trinajstić information content (AvgIpc) is 2.74. The average molecular weight is 376 g/mol. The minimum Gasteiger partial charge on any atom is -0.354 e. The van der Waals surface area contributed by atoms with Crippen LogP contribution < -0.4 is 9.80 Å². The van der Waals surface area contributed by atoms with Crippen molar-refractivity contribution in [1.29, 1.82) is 0 Å². The number of rotatable bonds is 2. The molecule has 3 rings (SSSR count). The van der Waals surface area contributed by atoms with E-state index in [9.17, 15) is 9.59 Å². The van der Waals surface area contributed by atoms with Crippen LogP contribution in [0.4, 0.5) is 5.69 Å². The normalized spacial score (nSPS) is 20.0. The molecular weight excluding hydrogens is 361 g/mol. The van der Waals surface area contributed by atoms with Gasteiger partial charge in [0.25, 0.3) is 11.8 Å². The number of quaternary nitrogens is 1. The maximum absolute atomic E-state index is 12.7. The summed E-state index contributed by atoms with van der Waals surface area (Å²) in [4.78, 5) is 29.5. The molecule has 1 N–H and O–H groups in total. The molecule has 0 atom stereocenters. The molecule has 0 spiro atoms. The summed E-state index contributed by atoms with van der Waals surface area (Å²) in [7, 11) is 2.09. The van der Waals surface area contributed by atoms with Crippen LogP contribution in [0.5, 0.6) is 0 Å². The SMILES string of the molecule is C[NH+]1CCN(C2=C(Cl)C(=O)N(c3ccc(Cl)c(Cl)c3)C2=O)CC1. The molecule has 1 aromatic rings. The molecule has 2 heterocycles. The number of nitrogens with zero attached hydrogens (tertiary/aromatic N) is 2. The molecule has 8 heteroatoms. The number of hydrogen-bond donors (Lipinski definition) is 1. The first-order valence-electron chi connectivity index (χ1n) is 7.20. The molecule has 5 nitrogen and oxygen atoms in total. The van der Waals surface area contributed by atoms with Crippen molar-refractivity contribution in [2.45, 2.75) is 0 Å². The number of amides is 2. The number of nitrogens with one attached hydrogen (secondary N) is 1.